The highest BCUT2D eigenvalue weighted by Gasteiger charge is 2.15. The van der Waals surface area contributed by atoms with Crippen molar-refractivity contribution in [3.63, 3.8) is 0 Å². The molecule has 1 aliphatic heterocycles. The van der Waals surface area contributed by atoms with Gasteiger partial charge in [-0.2, -0.15) is 0 Å². The van der Waals surface area contributed by atoms with Gasteiger partial charge in [-0.05, 0) is 19.1 Å². The Morgan fingerprint density at radius 1 is 1.31 bits per heavy atom. The Labute approximate surface area is 76.3 Å². The molecular formula is C10H9O3. The molecule has 1 heterocycles. The van der Waals surface area contributed by atoms with Gasteiger partial charge in [0.25, 0.3) is 0 Å². The summed E-state index contributed by atoms with van der Waals surface area (Å²) in [5.41, 5.74) is 1.33. The summed E-state index contributed by atoms with van der Waals surface area (Å²) in [6.45, 7) is 2.93. The summed E-state index contributed by atoms with van der Waals surface area (Å²) in [7, 11) is 0. The van der Waals surface area contributed by atoms with E-state index in [0.717, 1.165) is 5.56 Å². The van der Waals surface area contributed by atoms with Crippen LogP contribution >= 0.6 is 0 Å². The molecule has 0 unspecified atom stereocenters. The molecule has 0 spiro atoms. The first kappa shape index (κ1) is 8.10. The molecule has 0 saturated carbocycles. The van der Waals surface area contributed by atoms with Gasteiger partial charge in [-0.25, -0.2) is 0 Å². The molecule has 0 aromatic heterocycles. The smallest absolute Gasteiger partial charge is 0.233 e. The topological polar surface area (TPSA) is 35.5 Å². The van der Waals surface area contributed by atoms with Crippen molar-refractivity contribution in [2.75, 3.05) is 13.2 Å². The minimum Gasteiger partial charge on any atom is -0.486 e. The van der Waals surface area contributed by atoms with Gasteiger partial charge in [-0.3, -0.25) is 4.79 Å². The van der Waals surface area contributed by atoms with Crippen LogP contribution in [0.25, 0.3) is 0 Å². The van der Waals surface area contributed by atoms with Crippen LogP contribution in [0.1, 0.15) is 11.1 Å². The summed E-state index contributed by atoms with van der Waals surface area (Å²) < 4.78 is 10.7. The van der Waals surface area contributed by atoms with E-state index in [4.69, 9.17) is 9.47 Å². The van der Waals surface area contributed by atoms with Crippen LogP contribution in [0.15, 0.2) is 12.1 Å². The van der Waals surface area contributed by atoms with Gasteiger partial charge < -0.3 is 9.47 Å². The number of hydrogen-bond donors (Lipinski definition) is 0. The van der Waals surface area contributed by atoms with E-state index in [-0.39, 0.29) is 0 Å². The van der Waals surface area contributed by atoms with Crippen molar-refractivity contribution in [2.45, 2.75) is 6.92 Å². The van der Waals surface area contributed by atoms with Crippen LogP contribution in [-0.2, 0) is 4.79 Å². The summed E-state index contributed by atoms with van der Waals surface area (Å²) in [5, 5.41) is 0. The van der Waals surface area contributed by atoms with Crippen molar-refractivity contribution in [1.29, 1.82) is 0 Å². The normalized spacial score (nSPS) is 13.9. The first-order valence-corrected chi connectivity index (χ1v) is 4.10. The third kappa shape index (κ3) is 1.26. The lowest BCUT2D eigenvalue weighted by molar-refractivity contribution is 0.170. The first-order chi connectivity index (χ1) is 6.33. The standard InChI is InChI=1S/C10H9O3/c1-7-8(6-11)2-3-9-10(7)13-5-4-12-9/h2-3H,4-5H2,1H3. The lowest BCUT2D eigenvalue weighted by Crippen LogP contribution is -2.16. The highest BCUT2D eigenvalue weighted by atomic mass is 16.6. The minimum absolute atomic E-state index is 0.532. The lowest BCUT2D eigenvalue weighted by atomic mass is 10.1. The summed E-state index contributed by atoms with van der Waals surface area (Å²) in [6, 6.07) is 3.43. The summed E-state index contributed by atoms with van der Waals surface area (Å²) in [4.78, 5) is 10.5. The van der Waals surface area contributed by atoms with E-state index in [0.29, 0.717) is 30.3 Å². The molecule has 0 amide bonds. The number of fused-ring (bicyclic) bond motifs is 1. The third-order valence-corrected chi connectivity index (χ3v) is 2.07. The van der Waals surface area contributed by atoms with Crippen molar-refractivity contribution in [1.82, 2.24) is 0 Å². The van der Waals surface area contributed by atoms with Gasteiger partial charge in [0.1, 0.15) is 13.2 Å². The van der Waals surface area contributed by atoms with E-state index in [2.05, 4.69) is 0 Å². The number of rotatable bonds is 1. The van der Waals surface area contributed by atoms with E-state index in [1.54, 1.807) is 12.1 Å². The average Bonchev–Trinajstić information content (AvgIpc) is 2.19. The molecule has 0 N–H and O–H groups in total. The predicted octanol–water partition coefficient (Wildman–Crippen LogP) is 1.22. The Kier molecular flexibility index (Phi) is 1.93. The molecular weight excluding hydrogens is 168 g/mol. The quantitative estimate of drug-likeness (QED) is 0.647. The highest BCUT2D eigenvalue weighted by molar-refractivity contribution is 5.80. The van der Waals surface area contributed by atoms with Crippen molar-refractivity contribution in [3.05, 3.63) is 23.3 Å². The second kappa shape index (κ2) is 3.09. The van der Waals surface area contributed by atoms with Gasteiger partial charge in [0.2, 0.25) is 6.29 Å². The Morgan fingerprint density at radius 3 is 2.85 bits per heavy atom. The molecule has 3 nitrogen and oxygen atoms in total. The monoisotopic (exact) mass is 177 g/mol. The molecule has 0 bridgehead atoms. The Balaban J connectivity index is 2.54. The Bertz CT molecular complexity index is 344. The van der Waals surface area contributed by atoms with E-state index >= 15 is 0 Å². The third-order valence-electron chi connectivity index (χ3n) is 2.07. The van der Waals surface area contributed by atoms with Crippen LogP contribution in [0.5, 0.6) is 11.5 Å². The average molecular weight is 177 g/mol. The molecule has 1 aliphatic rings. The fraction of sp³-hybridized carbons (Fsp3) is 0.300. The summed E-state index contributed by atoms with van der Waals surface area (Å²) in [6.07, 6.45) is 1.86. The molecule has 1 aromatic carbocycles. The SMILES string of the molecule is Cc1c([C]=O)ccc2c1OCCO2. The van der Waals surface area contributed by atoms with Crippen LogP contribution in [0.4, 0.5) is 0 Å². The first-order valence-electron chi connectivity index (χ1n) is 4.10. The van der Waals surface area contributed by atoms with Crippen molar-refractivity contribution < 1.29 is 14.3 Å². The van der Waals surface area contributed by atoms with Crippen LogP contribution < -0.4 is 9.47 Å². The Morgan fingerprint density at radius 2 is 2.08 bits per heavy atom. The maximum absolute atomic E-state index is 10.5. The minimum atomic E-state index is 0.532. The fourth-order valence-corrected chi connectivity index (χ4v) is 1.37. The second-order valence-electron chi connectivity index (χ2n) is 2.86. The van der Waals surface area contributed by atoms with Crippen molar-refractivity contribution >= 4 is 6.29 Å². The van der Waals surface area contributed by atoms with Crippen LogP contribution in [0.2, 0.25) is 0 Å². The molecule has 67 valence electrons. The molecule has 0 aliphatic carbocycles. The van der Waals surface area contributed by atoms with E-state index in [1.165, 1.54) is 0 Å². The molecule has 1 radical (unpaired) electrons. The van der Waals surface area contributed by atoms with Crippen molar-refractivity contribution in [3.8, 4) is 11.5 Å². The molecule has 13 heavy (non-hydrogen) atoms. The highest BCUT2D eigenvalue weighted by Crippen LogP contribution is 2.34. The zero-order chi connectivity index (χ0) is 9.26. The zero-order valence-electron chi connectivity index (χ0n) is 7.29. The summed E-state index contributed by atoms with van der Waals surface area (Å²) in [5.74, 6) is 1.38. The summed E-state index contributed by atoms with van der Waals surface area (Å²) >= 11 is 0. The molecule has 0 saturated heterocycles. The number of hydrogen-bond acceptors (Lipinski definition) is 3. The number of ether oxygens (including phenoxy) is 2. The molecule has 3 heteroatoms. The Hall–Kier alpha value is -1.51. The molecule has 0 fully saturated rings. The van der Waals surface area contributed by atoms with E-state index < -0.39 is 0 Å². The van der Waals surface area contributed by atoms with Gasteiger partial charge in [-0.15, -0.1) is 0 Å². The van der Waals surface area contributed by atoms with Crippen LogP contribution in [-0.4, -0.2) is 19.5 Å². The maximum Gasteiger partial charge on any atom is 0.233 e. The van der Waals surface area contributed by atoms with Gasteiger partial charge in [0, 0.05) is 11.1 Å². The van der Waals surface area contributed by atoms with Gasteiger partial charge >= 0.3 is 0 Å². The van der Waals surface area contributed by atoms with E-state index in [9.17, 15) is 4.79 Å². The molecule has 0 atom stereocenters. The van der Waals surface area contributed by atoms with Crippen LogP contribution in [0.3, 0.4) is 0 Å². The van der Waals surface area contributed by atoms with E-state index in [1.807, 2.05) is 13.2 Å². The number of carbonyl (C=O) groups excluding carboxylic acids is 1. The number of benzene rings is 1. The van der Waals surface area contributed by atoms with Crippen LogP contribution in [0, 0.1) is 6.92 Å². The van der Waals surface area contributed by atoms with Crippen molar-refractivity contribution in [2.24, 2.45) is 0 Å². The lowest BCUT2D eigenvalue weighted by Gasteiger charge is -2.20. The zero-order valence-corrected chi connectivity index (χ0v) is 7.29. The van der Waals surface area contributed by atoms with Gasteiger partial charge in [0.05, 0.1) is 0 Å². The predicted molar refractivity (Wildman–Crippen MR) is 47.0 cm³/mol. The largest absolute Gasteiger partial charge is 0.486 e. The van der Waals surface area contributed by atoms with Gasteiger partial charge in [-0.1, -0.05) is 0 Å². The van der Waals surface area contributed by atoms with Gasteiger partial charge in [0.15, 0.2) is 11.5 Å². The molecule has 1 aromatic rings. The maximum atomic E-state index is 10.5. The fourth-order valence-electron chi connectivity index (χ4n) is 1.37. The molecule has 2 rings (SSSR count). The second-order valence-corrected chi connectivity index (χ2v) is 2.86.